The zero-order valence-electron chi connectivity index (χ0n) is 16.2. The van der Waals surface area contributed by atoms with Gasteiger partial charge in [-0.3, -0.25) is 14.2 Å². The Morgan fingerprint density at radius 1 is 1.20 bits per heavy atom. The van der Waals surface area contributed by atoms with Crippen molar-refractivity contribution in [1.82, 2.24) is 14.5 Å². The van der Waals surface area contributed by atoms with Gasteiger partial charge in [-0.2, -0.15) is 13.2 Å². The second-order valence-electron chi connectivity index (χ2n) is 7.34. The Hall–Kier alpha value is -3.23. The second kappa shape index (κ2) is 7.55. The molecule has 1 amide bonds. The van der Waals surface area contributed by atoms with Crippen molar-refractivity contribution in [3.63, 3.8) is 0 Å². The van der Waals surface area contributed by atoms with Crippen molar-refractivity contribution in [2.45, 2.75) is 44.8 Å². The largest absolute Gasteiger partial charge is 0.418 e. The number of hydrogen-bond donors (Lipinski definition) is 1. The van der Waals surface area contributed by atoms with Crippen molar-refractivity contribution in [2.75, 3.05) is 5.32 Å². The zero-order valence-corrected chi connectivity index (χ0v) is 16.2. The number of amides is 1. The number of aryl methyl sites for hydroxylation is 2. The number of benzene rings is 1. The first kappa shape index (κ1) is 20.1. The maximum Gasteiger partial charge on any atom is 0.418 e. The summed E-state index contributed by atoms with van der Waals surface area (Å²) in [6.07, 6.45) is 0.335. The minimum atomic E-state index is -4.61. The molecule has 0 saturated heterocycles. The second-order valence-corrected chi connectivity index (χ2v) is 7.34. The number of halogens is 3. The quantitative estimate of drug-likeness (QED) is 0.703. The number of fused-ring (bicyclic) bond motifs is 2. The van der Waals surface area contributed by atoms with Crippen LogP contribution in [0.5, 0.6) is 0 Å². The van der Waals surface area contributed by atoms with E-state index in [9.17, 15) is 22.8 Å². The summed E-state index contributed by atoms with van der Waals surface area (Å²) in [7, 11) is 0. The van der Waals surface area contributed by atoms with Crippen LogP contribution in [0, 0.1) is 0 Å². The first-order valence-corrected chi connectivity index (χ1v) is 9.62. The van der Waals surface area contributed by atoms with Crippen LogP contribution in [0.25, 0.3) is 11.0 Å². The molecule has 0 aliphatic heterocycles. The Morgan fingerprint density at radius 2 is 1.93 bits per heavy atom. The van der Waals surface area contributed by atoms with Crippen LogP contribution in [-0.4, -0.2) is 20.4 Å². The Kier molecular flexibility index (Phi) is 5.05. The van der Waals surface area contributed by atoms with Gasteiger partial charge in [0.25, 0.3) is 5.56 Å². The lowest BCUT2D eigenvalue weighted by Gasteiger charge is -2.19. The van der Waals surface area contributed by atoms with E-state index in [1.807, 2.05) is 0 Å². The van der Waals surface area contributed by atoms with Gasteiger partial charge in [0.1, 0.15) is 12.4 Å². The molecule has 1 aliphatic rings. The first-order valence-electron chi connectivity index (χ1n) is 9.62. The number of hydrogen-bond acceptors (Lipinski definition) is 4. The van der Waals surface area contributed by atoms with E-state index in [1.165, 1.54) is 31.5 Å². The van der Waals surface area contributed by atoms with Crippen molar-refractivity contribution < 1.29 is 18.0 Å². The molecule has 1 atom stereocenters. The average Bonchev–Trinajstić information content (AvgIpc) is 2.72. The Morgan fingerprint density at radius 3 is 2.70 bits per heavy atom. The number of carbonyl (C=O) groups is 1. The summed E-state index contributed by atoms with van der Waals surface area (Å²) in [6.45, 7) is 1.44. The molecule has 0 saturated carbocycles. The molecular formula is C21H19F3N4O2. The first-order chi connectivity index (χ1) is 14.3. The molecule has 30 heavy (non-hydrogen) atoms. The number of para-hydroxylation sites is 1. The predicted octanol–water partition coefficient (Wildman–Crippen LogP) is 3.89. The third-order valence-corrected chi connectivity index (χ3v) is 5.34. The van der Waals surface area contributed by atoms with E-state index in [0.717, 1.165) is 47.6 Å². The van der Waals surface area contributed by atoms with Crippen LogP contribution in [0.4, 0.5) is 18.9 Å². The third kappa shape index (κ3) is 3.67. The van der Waals surface area contributed by atoms with Gasteiger partial charge < -0.3 is 5.32 Å². The fourth-order valence-corrected chi connectivity index (χ4v) is 3.67. The summed E-state index contributed by atoms with van der Waals surface area (Å²) in [5.74, 6) is -0.749. The molecule has 9 heteroatoms. The van der Waals surface area contributed by atoms with Crippen LogP contribution in [0.3, 0.4) is 0 Å². The lowest BCUT2D eigenvalue weighted by Crippen LogP contribution is -2.32. The molecule has 156 valence electrons. The molecule has 1 N–H and O–H groups in total. The number of anilines is 1. The predicted molar refractivity (Wildman–Crippen MR) is 105 cm³/mol. The fourth-order valence-electron chi connectivity index (χ4n) is 3.67. The van der Waals surface area contributed by atoms with Gasteiger partial charge in [0.15, 0.2) is 5.65 Å². The zero-order chi connectivity index (χ0) is 21.5. The fraction of sp³-hybridized carbons (Fsp3) is 0.333. The van der Waals surface area contributed by atoms with Crippen LogP contribution in [0.2, 0.25) is 0 Å². The van der Waals surface area contributed by atoms with Crippen molar-refractivity contribution in [2.24, 2.45) is 0 Å². The van der Waals surface area contributed by atoms with Crippen molar-refractivity contribution in [1.29, 1.82) is 0 Å². The van der Waals surface area contributed by atoms with Gasteiger partial charge in [-0.25, -0.2) is 9.97 Å². The van der Waals surface area contributed by atoms with Crippen molar-refractivity contribution in [3.05, 3.63) is 63.8 Å². The maximum atomic E-state index is 13.2. The molecule has 1 aliphatic carbocycles. The van der Waals surface area contributed by atoms with Gasteiger partial charge in [-0.15, -0.1) is 0 Å². The van der Waals surface area contributed by atoms with Crippen LogP contribution in [-0.2, 0) is 23.8 Å². The Bertz CT molecular complexity index is 1190. The highest BCUT2D eigenvalue weighted by atomic mass is 19.4. The highest BCUT2D eigenvalue weighted by molar-refractivity contribution is 5.94. The summed E-state index contributed by atoms with van der Waals surface area (Å²) in [6, 6.07) is 5.41. The van der Waals surface area contributed by atoms with Crippen LogP contribution >= 0.6 is 0 Å². The molecule has 2 heterocycles. The van der Waals surface area contributed by atoms with E-state index in [2.05, 4.69) is 15.3 Å². The Labute approximate surface area is 169 Å². The van der Waals surface area contributed by atoms with Crippen molar-refractivity contribution in [3.8, 4) is 0 Å². The summed E-state index contributed by atoms with van der Waals surface area (Å²) in [5, 5.41) is 2.58. The normalized spacial score (nSPS) is 14.9. The minimum Gasteiger partial charge on any atom is -0.324 e. The minimum absolute atomic E-state index is 0.300. The molecule has 0 fully saturated rings. The van der Waals surface area contributed by atoms with E-state index < -0.39 is 29.2 Å². The molecule has 0 bridgehead atoms. The third-order valence-electron chi connectivity index (χ3n) is 5.34. The highest BCUT2D eigenvalue weighted by Crippen LogP contribution is 2.34. The highest BCUT2D eigenvalue weighted by Gasteiger charge is 2.34. The lowest BCUT2D eigenvalue weighted by atomic mass is 9.95. The number of nitrogens with zero attached hydrogens (tertiary/aromatic N) is 3. The smallest absolute Gasteiger partial charge is 0.324 e. The van der Waals surface area contributed by atoms with Crippen molar-refractivity contribution >= 4 is 22.6 Å². The van der Waals surface area contributed by atoms with Gasteiger partial charge in [-0.1, -0.05) is 12.1 Å². The summed E-state index contributed by atoms with van der Waals surface area (Å²) in [4.78, 5) is 34.3. The van der Waals surface area contributed by atoms with E-state index >= 15 is 0 Å². The molecular weight excluding hydrogens is 397 g/mol. The number of alkyl halides is 3. The topological polar surface area (TPSA) is 76.9 Å². The van der Waals surface area contributed by atoms with Crippen LogP contribution < -0.4 is 10.9 Å². The van der Waals surface area contributed by atoms with Gasteiger partial charge in [0.05, 0.1) is 16.6 Å². The number of nitrogens with one attached hydrogen (secondary N) is 1. The van der Waals surface area contributed by atoms with E-state index in [4.69, 9.17) is 0 Å². The lowest BCUT2D eigenvalue weighted by molar-refractivity contribution is -0.137. The van der Waals surface area contributed by atoms with Crippen LogP contribution in [0.1, 0.15) is 42.6 Å². The maximum absolute atomic E-state index is 13.2. The molecule has 1 aromatic carbocycles. The SMILES string of the molecule is CC(C(=O)Nc1ccccc1C(F)(F)F)n1cnc2nc3c(cc2c1=O)CCCC3. The number of aromatic nitrogens is 3. The van der Waals surface area contributed by atoms with Gasteiger partial charge >= 0.3 is 6.18 Å². The van der Waals surface area contributed by atoms with Crippen LogP contribution in [0.15, 0.2) is 41.5 Å². The molecule has 1 unspecified atom stereocenters. The summed E-state index contributed by atoms with van der Waals surface area (Å²) < 4.78 is 40.6. The van der Waals surface area contributed by atoms with Gasteiger partial charge in [0.2, 0.25) is 5.91 Å². The molecule has 3 aromatic rings. The number of carbonyl (C=O) groups excluding carboxylic acids is 1. The number of pyridine rings is 1. The summed E-state index contributed by atoms with van der Waals surface area (Å²) >= 11 is 0. The number of rotatable bonds is 3. The van der Waals surface area contributed by atoms with E-state index in [-0.39, 0.29) is 5.69 Å². The molecule has 2 aromatic heterocycles. The monoisotopic (exact) mass is 416 g/mol. The van der Waals surface area contributed by atoms with E-state index in [0.29, 0.717) is 11.0 Å². The Balaban J connectivity index is 1.67. The molecule has 0 spiro atoms. The molecule has 0 radical (unpaired) electrons. The molecule has 4 rings (SSSR count). The molecule has 6 nitrogen and oxygen atoms in total. The summed E-state index contributed by atoms with van der Waals surface area (Å²) in [5.41, 5.74) is 0.485. The standard InChI is InChI=1S/C21H19F3N4O2/c1-12(19(29)27-17-9-5-3-7-15(17)21(22,23)24)28-11-25-18-14(20(28)30)10-13-6-2-4-8-16(13)26-18/h3,5,7,9-12H,2,4,6,8H2,1H3,(H,27,29). The van der Waals surface area contributed by atoms with Gasteiger partial charge in [0, 0.05) is 5.69 Å². The average molecular weight is 416 g/mol. The van der Waals surface area contributed by atoms with Gasteiger partial charge in [-0.05, 0) is 56.4 Å². The van der Waals surface area contributed by atoms with E-state index in [1.54, 1.807) is 6.07 Å².